The molecular formula is C6H4BrFS. The van der Waals surface area contributed by atoms with Crippen LogP contribution in [-0.2, 0) is 0 Å². The van der Waals surface area contributed by atoms with Gasteiger partial charge in [-0.05, 0) is 33.5 Å². The summed E-state index contributed by atoms with van der Waals surface area (Å²) >= 11 is 4.20. The van der Waals surface area contributed by atoms with Gasteiger partial charge >= 0.3 is 0 Å². The van der Waals surface area contributed by atoms with E-state index in [2.05, 4.69) is 15.9 Å². The highest BCUT2D eigenvalue weighted by Crippen LogP contribution is 2.16. The van der Waals surface area contributed by atoms with Gasteiger partial charge in [0.2, 0.25) is 0 Å². The zero-order valence-electron chi connectivity index (χ0n) is 4.47. The van der Waals surface area contributed by atoms with Gasteiger partial charge in [-0.1, -0.05) is 6.07 Å². The van der Waals surface area contributed by atoms with Gasteiger partial charge in [0.05, 0.1) is 0 Å². The van der Waals surface area contributed by atoms with Crippen LogP contribution in [-0.4, -0.2) is 0 Å². The lowest BCUT2D eigenvalue weighted by atomic mass is 10.5. The minimum absolute atomic E-state index is 0.329. The molecule has 0 saturated carbocycles. The van der Waals surface area contributed by atoms with Gasteiger partial charge in [0.25, 0.3) is 0 Å². The average molecular weight is 207 g/mol. The maximum absolute atomic E-state index is 12.0. The molecule has 0 bridgehead atoms. The lowest BCUT2D eigenvalue weighted by Crippen LogP contribution is -1.54. The monoisotopic (exact) mass is 206 g/mol. The first kappa shape index (κ1) is 6.96. The number of rotatable bonds is 1. The summed E-state index contributed by atoms with van der Waals surface area (Å²) in [6.07, 6.45) is 1.44. The summed E-state index contributed by atoms with van der Waals surface area (Å²) in [5.74, 6) is 0. The topological polar surface area (TPSA) is 0 Å². The molecule has 1 aromatic rings. The molecule has 0 spiro atoms. The van der Waals surface area contributed by atoms with Gasteiger partial charge in [0.1, 0.15) is 0 Å². The summed E-state index contributed by atoms with van der Waals surface area (Å²) in [5.41, 5.74) is 0. The number of halogens is 2. The normalized spacial score (nSPS) is 12.0. The molecule has 9 heavy (non-hydrogen) atoms. The third-order valence-electron chi connectivity index (χ3n) is 0.795. The summed E-state index contributed by atoms with van der Waals surface area (Å²) in [4.78, 5) is 0.921. The molecule has 0 aromatic carbocycles. The van der Waals surface area contributed by atoms with Gasteiger partial charge < -0.3 is 0 Å². The predicted octanol–water partition coefficient (Wildman–Crippen LogP) is 3.41. The van der Waals surface area contributed by atoms with Crippen molar-refractivity contribution in [2.24, 2.45) is 0 Å². The fourth-order valence-electron chi connectivity index (χ4n) is 0.481. The van der Waals surface area contributed by atoms with Crippen LogP contribution < -0.4 is 0 Å². The molecule has 48 valence electrons. The van der Waals surface area contributed by atoms with Crippen molar-refractivity contribution >= 4 is 33.3 Å². The fourth-order valence-corrected chi connectivity index (χ4v) is 1.52. The lowest BCUT2D eigenvalue weighted by molar-refractivity contribution is 0.712. The molecule has 0 radical (unpaired) electrons. The van der Waals surface area contributed by atoms with Crippen LogP contribution in [0.4, 0.5) is 4.39 Å². The van der Waals surface area contributed by atoms with Gasteiger partial charge in [-0.15, -0.1) is 11.3 Å². The Morgan fingerprint density at radius 1 is 1.78 bits per heavy atom. The Labute approximate surface area is 65.1 Å². The molecule has 0 aliphatic rings. The largest absolute Gasteiger partial charge is 0.199 e. The first-order valence-electron chi connectivity index (χ1n) is 2.35. The van der Waals surface area contributed by atoms with Crippen LogP contribution in [0.2, 0.25) is 0 Å². The van der Waals surface area contributed by atoms with Crippen LogP contribution in [0.5, 0.6) is 0 Å². The Hall–Kier alpha value is -0.150. The van der Waals surface area contributed by atoms with E-state index < -0.39 is 0 Å². The molecule has 1 heterocycles. The van der Waals surface area contributed by atoms with E-state index >= 15 is 0 Å². The Morgan fingerprint density at radius 3 is 3.00 bits per heavy atom. The molecule has 0 aliphatic heterocycles. The Bertz CT molecular complexity index is 199. The maximum Gasteiger partial charge on any atom is 0.167 e. The molecule has 1 rings (SSSR count). The molecule has 0 fully saturated rings. The molecule has 0 N–H and O–H groups in total. The van der Waals surface area contributed by atoms with Crippen molar-refractivity contribution in [3.8, 4) is 0 Å². The molecular weight excluding hydrogens is 203 g/mol. The van der Waals surface area contributed by atoms with Gasteiger partial charge in [-0.2, -0.15) is 4.39 Å². The van der Waals surface area contributed by atoms with E-state index in [1.807, 2.05) is 17.5 Å². The first-order chi connectivity index (χ1) is 4.29. The standard InChI is InChI=1S/C6H4BrFS/c7-6(8)4-5-2-1-3-9-5/h1-4H/b6-4-. The van der Waals surface area contributed by atoms with Crippen molar-refractivity contribution in [3.63, 3.8) is 0 Å². The molecule has 1 aromatic heterocycles. The molecule has 0 saturated heterocycles. The third kappa shape index (κ3) is 2.28. The van der Waals surface area contributed by atoms with Crippen molar-refractivity contribution in [1.29, 1.82) is 0 Å². The number of hydrogen-bond donors (Lipinski definition) is 0. The molecule has 0 aliphatic carbocycles. The highest BCUT2D eigenvalue weighted by atomic mass is 79.9. The Balaban J connectivity index is 2.80. The summed E-state index contributed by atoms with van der Waals surface area (Å²) in [5, 5.41) is 1.90. The van der Waals surface area contributed by atoms with Crippen molar-refractivity contribution in [3.05, 3.63) is 27.1 Å². The maximum atomic E-state index is 12.0. The van der Waals surface area contributed by atoms with E-state index in [4.69, 9.17) is 0 Å². The Morgan fingerprint density at radius 2 is 2.56 bits per heavy atom. The first-order valence-corrected chi connectivity index (χ1v) is 4.02. The minimum Gasteiger partial charge on any atom is -0.199 e. The Kier molecular flexibility index (Phi) is 2.42. The molecule has 0 amide bonds. The van der Waals surface area contributed by atoms with Crippen molar-refractivity contribution < 1.29 is 4.39 Å². The van der Waals surface area contributed by atoms with Crippen LogP contribution >= 0.6 is 27.3 Å². The van der Waals surface area contributed by atoms with Crippen molar-refractivity contribution in [2.75, 3.05) is 0 Å². The van der Waals surface area contributed by atoms with Gasteiger partial charge in [0, 0.05) is 4.88 Å². The van der Waals surface area contributed by atoms with Crippen molar-refractivity contribution in [2.45, 2.75) is 0 Å². The minimum atomic E-state index is -0.329. The molecule has 3 heteroatoms. The molecule has 0 nitrogen and oxygen atoms in total. The van der Waals surface area contributed by atoms with Crippen LogP contribution in [0.25, 0.3) is 6.08 Å². The van der Waals surface area contributed by atoms with Crippen molar-refractivity contribution in [1.82, 2.24) is 0 Å². The van der Waals surface area contributed by atoms with E-state index in [-0.39, 0.29) is 4.74 Å². The smallest absolute Gasteiger partial charge is 0.167 e. The average Bonchev–Trinajstić information content (AvgIpc) is 2.15. The highest BCUT2D eigenvalue weighted by molar-refractivity contribution is 9.11. The summed E-state index contributed by atoms with van der Waals surface area (Å²) in [7, 11) is 0. The van der Waals surface area contributed by atoms with E-state index in [9.17, 15) is 4.39 Å². The molecule has 0 atom stereocenters. The second-order valence-electron chi connectivity index (χ2n) is 1.45. The van der Waals surface area contributed by atoms with Gasteiger partial charge in [0.15, 0.2) is 4.74 Å². The van der Waals surface area contributed by atoms with E-state index in [0.29, 0.717) is 0 Å². The lowest BCUT2D eigenvalue weighted by Gasteiger charge is -1.79. The summed E-state index contributed by atoms with van der Waals surface area (Å²) in [6.45, 7) is 0. The quantitative estimate of drug-likeness (QED) is 0.661. The fraction of sp³-hybridized carbons (Fsp3) is 0. The van der Waals surface area contributed by atoms with Crippen LogP contribution in [0.3, 0.4) is 0 Å². The number of thiophene rings is 1. The van der Waals surface area contributed by atoms with Crippen LogP contribution in [0, 0.1) is 0 Å². The zero-order chi connectivity index (χ0) is 6.69. The van der Waals surface area contributed by atoms with E-state index in [0.717, 1.165) is 4.88 Å². The van der Waals surface area contributed by atoms with Crippen LogP contribution in [0.15, 0.2) is 22.2 Å². The highest BCUT2D eigenvalue weighted by Gasteiger charge is 1.88. The predicted molar refractivity (Wildman–Crippen MR) is 42.3 cm³/mol. The van der Waals surface area contributed by atoms with Crippen LogP contribution in [0.1, 0.15) is 4.88 Å². The second kappa shape index (κ2) is 3.13. The second-order valence-corrected chi connectivity index (χ2v) is 3.19. The van der Waals surface area contributed by atoms with Gasteiger partial charge in [-0.3, -0.25) is 0 Å². The van der Waals surface area contributed by atoms with Gasteiger partial charge in [-0.25, -0.2) is 0 Å². The van der Waals surface area contributed by atoms with E-state index in [1.165, 1.54) is 17.4 Å². The zero-order valence-corrected chi connectivity index (χ0v) is 6.88. The summed E-state index contributed by atoms with van der Waals surface area (Å²) < 4.78 is 11.7. The molecule has 0 unspecified atom stereocenters. The van der Waals surface area contributed by atoms with E-state index in [1.54, 1.807) is 0 Å². The third-order valence-corrected chi connectivity index (χ3v) is 1.84. The summed E-state index contributed by atoms with van der Waals surface area (Å²) in [6, 6.07) is 3.73. The SMILES string of the molecule is F/C(Br)=C\c1cccs1. The number of hydrogen-bond acceptors (Lipinski definition) is 1.